The molecule has 1 aromatic rings. The molecule has 1 N–H and O–H groups in total. The summed E-state index contributed by atoms with van der Waals surface area (Å²) in [5.41, 5.74) is 0.778. The Labute approximate surface area is 134 Å². The van der Waals surface area contributed by atoms with E-state index in [1.807, 2.05) is 0 Å². The fraction of sp³-hybridized carbons (Fsp3) is 0.647. The van der Waals surface area contributed by atoms with Gasteiger partial charge in [0.1, 0.15) is 0 Å². The van der Waals surface area contributed by atoms with Crippen LogP contribution in [0.4, 0.5) is 0 Å². The van der Waals surface area contributed by atoms with Gasteiger partial charge in [-0.2, -0.15) is 0 Å². The van der Waals surface area contributed by atoms with Gasteiger partial charge in [-0.3, -0.25) is 0 Å². The highest BCUT2D eigenvalue weighted by molar-refractivity contribution is 7.90. The molecule has 0 radical (unpaired) electrons. The van der Waals surface area contributed by atoms with E-state index in [9.17, 15) is 13.5 Å². The summed E-state index contributed by atoms with van der Waals surface area (Å²) in [6.07, 6.45) is 3.08. The molecule has 0 bridgehead atoms. The Morgan fingerprint density at radius 2 is 1.91 bits per heavy atom. The van der Waals surface area contributed by atoms with Crippen LogP contribution < -0.4 is 0 Å². The topological polar surface area (TPSA) is 57.6 Å². The van der Waals surface area contributed by atoms with Crippen molar-refractivity contribution in [3.63, 3.8) is 0 Å². The first-order valence-corrected chi connectivity index (χ1v) is 9.85. The molecule has 22 heavy (non-hydrogen) atoms. The Morgan fingerprint density at radius 3 is 2.45 bits per heavy atom. The number of rotatable bonds is 6. The van der Waals surface area contributed by atoms with E-state index < -0.39 is 15.9 Å². The highest BCUT2D eigenvalue weighted by Crippen LogP contribution is 2.25. The van der Waals surface area contributed by atoms with E-state index in [0.29, 0.717) is 11.4 Å². The van der Waals surface area contributed by atoms with Crippen LogP contribution in [0.1, 0.15) is 38.4 Å². The molecule has 1 aromatic carbocycles. The number of hydrogen-bond acceptors (Lipinski definition) is 4. The highest BCUT2D eigenvalue weighted by atomic mass is 32.2. The molecule has 0 saturated carbocycles. The molecule has 0 amide bonds. The smallest absolute Gasteiger partial charge is 0.175 e. The van der Waals surface area contributed by atoms with E-state index in [2.05, 4.69) is 18.7 Å². The molecule has 1 aliphatic rings. The molecule has 2 rings (SSSR count). The van der Waals surface area contributed by atoms with Crippen molar-refractivity contribution in [2.45, 2.75) is 37.7 Å². The van der Waals surface area contributed by atoms with Gasteiger partial charge in [0.2, 0.25) is 0 Å². The van der Waals surface area contributed by atoms with Crippen molar-refractivity contribution in [3.8, 4) is 0 Å². The molecule has 1 fully saturated rings. The first-order valence-electron chi connectivity index (χ1n) is 7.96. The van der Waals surface area contributed by atoms with Crippen LogP contribution in [0.2, 0.25) is 0 Å². The predicted molar refractivity (Wildman–Crippen MR) is 88.5 cm³/mol. The maximum atomic E-state index is 11.4. The van der Waals surface area contributed by atoms with Gasteiger partial charge in [-0.1, -0.05) is 26.0 Å². The van der Waals surface area contributed by atoms with Crippen molar-refractivity contribution in [3.05, 3.63) is 29.8 Å². The van der Waals surface area contributed by atoms with Crippen LogP contribution in [-0.2, 0) is 9.84 Å². The Morgan fingerprint density at radius 1 is 1.27 bits per heavy atom. The zero-order valence-corrected chi connectivity index (χ0v) is 14.5. The fourth-order valence-corrected chi connectivity index (χ4v) is 3.86. The first-order chi connectivity index (χ1) is 10.3. The van der Waals surface area contributed by atoms with Crippen LogP contribution in [0.5, 0.6) is 0 Å². The van der Waals surface area contributed by atoms with Crippen LogP contribution in [0, 0.1) is 11.8 Å². The standard InChI is InChI=1S/C17H27NO3S/c1-13(2)10-14-8-9-18(11-14)12-17(19)15-4-6-16(7-5-15)22(3,20)21/h4-7,13-14,17,19H,8-12H2,1-3H3. The van der Waals surface area contributed by atoms with Crippen molar-refractivity contribution in [2.24, 2.45) is 11.8 Å². The minimum atomic E-state index is -3.18. The Hall–Kier alpha value is -0.910. The summed E-state index contributed by atoms with van der Waals surface area (Å²) in [6.45, 7) is 7.21. The molecule has 124 valence electrons. The van der Waals surface area contributed by atoms with E-state index in [-0.39, 0.29) is 0 Å². The molecule has 2 unspecified atom stereocenters. The molecule has 1 saturated heterocycles. The highest BCUT2D eigenvalue weighted by Gasteiger charge is 2.25. The second kappa shape index (κ2) is 7.11. The van der Waals surface area contributed by atoms with E-state index in [0.717, 1.165) is 30.5 Å². The van der Waals surface area contributed by atoms with Gasteiger partial charge < -0.3 is 10.0 Å². The lowest BCUT2D eigenvalue weighted by Crippen LogP contribution is -2.26. The third-order valence-corrected chi connectivity index (χ3v) is 5.43. The van der Waals surface area contributed by atoms with Gasteiger partial charge in [0.25, 0.3) is 0 Å². The van der Waals surface area contributed by atoms with Crippen LogP contribution in [0.25, 0.3) is 0 Å². The lowest BCUT2D eigenvalue weighted by Gasteiger charge is -2.21. The van der Waals surface area contributed by atoms with Gasteiger partial charge in [0.15, 0.2) is 9.84 Å². The van der Waals surface area contributed by atoms with E-state index in [4.69, 9.17) is 0 Å². The molecule has 4 nitrogen and oxygen atoms in total. The largest absolute Gasteiger partial charge is 0.387 e. The average molecular weight is 325 g/mol. The zero-order valence-electron chi connectivity index (χ0n) is 13.7. The van der Waals surface area contributed by atoms with Crippen LogP contribution in [0.3, 0.4) is 0 Å². The first kappa shape index (κ1) is 17.4. The van der Waals surface area contributed by atoms with E-state index >= 15 is 0 Å². The van der Waals surface area contributed by atoms with Crippen LogP contribution in [-0.4, -0.2) is 44.3 Å². The summed E-state index contributed by atoms with van der Waals surface area (Å²) in [5.74, 6) is 1.46. The van der Waals surface area contributed by atoms with Crippen molar-refractivity contribution in [1.29, 1.82) is 0 Å². The zero-order chi connectivity index (χ0) is 16.3. The van der Waals surface area contributed by atoms with Gasteiger partial charge in [0, 0.05) is 19.3 Å². The monoisotopic (exact) mass is 325 g/mol. The third-order valence-electron chi connectivity index (χ3n) is 4.30. The number of hydrogen-bond donors (Lipinski definition) is 1. The summed E-state index contributed by atoms with van der Waals surface area (Å²) in [5, 5.41) is 10.4. The van der Waals surface area contributed by atoms with Crippen molar-refractivity contribution in [1.82, 2.24) is 4.90 Å². The molecule has 0 aromatic heterocycles. The Balaban J connectivity index is 1.91. The number of sulfone groups is 1. The summed E-state index contributed by atoms with van der Waals surface area (Å²) < 4.78 is 22.9. The van der Waals surface area contributed by atoms with Crippen LogP contribution in [0.15, 0.2) is 29.2 Å². The lowest BCUT2D eigenvalue weighted by atomic mass is 9.97. The second-order valence-electron chi connectivity index (χ2n) is 6.90. The normalized spacial score (nSPS) is 21.4. The van der Waals surface area contributed by atoms with E-state index in [1.54, 1.807) is 24.3 Å². The number of likely N-dealkylation sites (tertiary alicyclic amines) is 1. The van der Waals surface area contributed by atoms with Crippen molar-refractivity contribution < 1.29 is 13.5 Å². The van der Waals surface area contributed by atoms with E-state index in [1.165, 1.54) is 19.1 Å². The predicted octanol–water partition coefficient (Wildman–Crippen LogP) is 2.49. The number of aliphatic hydroxyl groups is 1. The summed E-state index contributed by atoms with van der Waals surface area (Å²) in [7, 11) is -3.18. The second-order valence-corrected chi connectivity index (χ2v) is 8.92. The minimum Gasteiger partial charge on any atom is -0.387 e. The average Bonchev–Trinajstić information content (AvgIpc) is 2.84. The number of β-amino-alcohol motifs (C(OH)–C–C–N with tert-alkyl or cyclic N) is 1. The van der Waals surface area contributed by atoms with Crippen molar-refractivity contribution in [2.75, 3.05) is 25.9 Å². The SMILES string of the molecule is CC(C)CC1CCN(CC(O)c2ccc(S(C)(=O)=O)cc2)C1. The number of nitrogens with zero attached hydrogens (tertiary/aromatic N) is 1. The number of aliphatic hydroxyl groups excluding tert-OH is 1. The molecule has 0 aliphatic carbocycles. The molecule has 1 heterocycles. The maximum absolute atomic E-state index is 11.4. The summed E-state index contributed by atoms with van der Waals surface area (Å²) in [6, 6.07) is 6.56. The molecular formula is C17H27NO3S. The van der Waals surface area contributed by atoms with Crippen molar-refractivity contribution >= 4 is 9.84 Å². The quantitative estimate of drug-likeness (QED) is 0.873. The van der Waals surface area contributed by atoms with Gasteiger partial charge >= 0.3 is 0 Å². The molecule has 2 atom stereocenters. The van der Waals surface area contributed by atoms with Gasteiger partial charge in [-0.25, -0.2) is 8.42 Å². The van der Waals surface area contributed by atoms with Crippen LogP contribution >= 0.6 is 0 Å². The fourth-order valence-electron chi connectivity index (χ4n) is 3.22. The number of benzene rings is 1. The van der Waals surface area contributed by atoms with Gasteiger partial charge in [-0.15, -0.1) is 0 Å². The summed E-state index contributed by atoms with van der Waals surface area (Å²) in [4.78, 5) is 2.60. The Kier molecular flexibility index (Phi) is 5.64. The molecule has 1 aliphatic heterocycles. The maximum Gasteiger partial charge on any atom is 0.175 e. The molecule has 5 heteroatoms. The molecular weight excluding hydrogens is 298 g/mol. The Bertz CT molecular complexity index is 580. The minimum absolute atomic E-state index is 0.293. The third kappa shape index (κ3) is 4.80. The molecule has 0 spiro atoms. The van der Waals surface area contributed by atoms with Gasteiger partial charge in [0.05, 0.1) is 11.0 Å². The lowest BCUT2D eigenvalue weighted by molar-refractivity contribution is 0.123. The summed E-state index contributed by atoms with van der Waals surface area (Å²) >= 11 is 0. The van der Waals surface area contributed by atoms with Gasteiger partial charge in [-0.05, 0) is 48.9 Å².